The van der Waals surface area contributed by atoms with Gasteiger partial charge < -0.3 is 19.1 Å². The van der Waals surface area contributed by atoms with Gasteiger partial charge in [0.05, 0.1) is 32.8 Å². The predicted molar refractivity (Wildman–Crippen MR) is 103 cm³/mol. The maximum atomic E-state index is 13.0. The minimum absolute atomic E-state index is 0.0176. The number of likely N-dealkylation sites (tertiary alicyclic amines) is 1. The molecule has 0 radical (unpaired) electrons. The van der Waals surface area contributed by atoms with Crippen LogP contribution >= 0.6 is 0 Å². The molecule has 4 rings (SSSR count). The second-order valence-corrected chi connectivity index (χ2v) is 7.67. The van der Waals surface area contributed by atoms with Crippen molar-refractivity contribution in [1.29, 1.82) is 0 Å². The highest BCUT2D eigenvalue weighted by atomic mass is 16.5. The number of para-hydroxylation sites is 1. The minimum Gasteiger partial charge on any atom is -0.493 e. The molecule has 2 saturated heterocycles. The molecule has 0 spiro atoms. The Morgan fingerprint density at radius 1 is 1.22 bits per heavy atom. The summed E-state index contributed by atoms with van der Waals surface area (Å²) in [5.74, 6) is 1.02. The second-order valence-electron chi connectivity index (χ2n) is 7.67. The Hall–Kier alpha value is -1.85. The highest BCUT2D eigenvalue weighted by Gasteiger charge is 2.50. The molecule has 2 fully saturated rings. The molecule has 0 aliphatic carbocycles. The Labute approximate surface area is 161 Å². The topological polar surface area (TPSA) is 48.0 Å². The molecular weight excluding hydrogens is 342 g/mol. The van der Waals surface area contributed by atoms with E-state index in [0.717, 1.165) is 57.8 Å². The van der Waals surface area contributed by atoms with Crippen molar-refractivity contribution in [3.63, 3.8) is 0 Å². The van der Waals surface area contributed by atoms with E-state index < -0.39 is 0 Å². The van der Waals surface area contributed by atoms with Crippen LogP contribution in [0.25, 0.3) is 0 Å². The molecule has 0 bridgehead atoms. The number of carbonyl (C=O) groups is 1. The first-order valence-corrected chi connectivity index (χ1v) is 10.1. The fourth-order valence-corrected chi connectivity index (χ4v) is 4.90. The second kappa shape index (κ2) is 8.44. The summed E-state index contributed by atoms with van der Waals surface area (Å²) in [6, 6.07) is 9.94. The molecule has 0 saturated carbocycles. The highest BCUT2D eigenvalue weighted by Crippen LogP contribution is 2.47. The molecule has 3 aliphatic heterocycles. The lowest BCUT2D eigenvalue weighted by Crippen LogP contribution is -2.59. The average Bonchev–Trinajstić information content (AvgIpc) is 2.74. The van der Waals surface area contributed by atoms with Crippen LogP contribution in [-0.4, -0.2) is 56.4 Å². The summed E-state index contributed by atoms with van der Waals surface area (Å²) in [5, 5.41) is 0. The van der Waals surface area contributed by atoms with E-state index in [-0.39, 0.29) is 17.4 Å². The number of amides is 1. The van der Waals surface area contributed by atoms with Gasteiger partial charge in [-0.1, -0.05) is 29.8 Å². The lowest BCUT2D eigenvalue weighted by molar-refractivity contribution is -0.147. The molecule has 146 valence electrons. The Kier molecular flexibility index (Phi) is 5.79. The van der Waals surface area contributed by atoms with Gasteiger partial charge in [-0.15, -0.1) is 0 Å². The summed E-state index contributed by atoms with van der Waals surface area (Å²) >= 11 is 0. The van der Waals surface area contributed by atoms with Crippen LogP contribution < -0.4 is 4.74 Å². The Morgan fingerprint density at radius 2 is 2.11 bits per heavy atom. The zero-order valence-corrected chi connectivity index (χ0v) is 15.9. The third-order valence-corrected chi connectivity index (χ3v) is 6.18. The van der Waals surface area contributed by atoms with Gasteiger partial charge in [0.2, 0.25) is 5.91 Å². The number of hydrogen-bond acceptors (Lipinski definition) is 4. The van der Waals surface area contributed by atoms with Crippen LogP contribution in [0.2, 0.25) is 0 Å². The SMILES string of the molecule is O=C(CCOc1ccccc1)N1CCC[C@@]2(C3=CCOCC3)COCC[C@H]12. The number of fused-ring (bicyclic) bond motifs is 1. The molecule has 0 N–H and O–H groups in total. The average molecular weight is 371 g/mol. The van der Waals surface area contributed by atoms with Crippen LogP contribution in [0.1, 0.15) is 32.1 Å². The van der Waals surface area contributed by atoms with Crippen molar-refractivity contribution >= 4 is 5.91 Å². The summed E-state index contributed by atoms with van der Waals surface area (Å²) in [5.41, 5.74) is 1.42. The molecule has 27 heavy (non-hydrogen) atoms. The Bertz CT molecular complexity index is 670. The summed E-state index contributed by atoms with van der Waals surface area (Å²) in [6.07, 6.45) is 6.67. The smallest absolute Gasteiger partial charge is 0.226 e. The summed E-state index contributed by atoms with van der Waals surface area (Å²) in [7, 11) is 0. The van der Waals surface area contributed by atoms with Crippen molar-refractivity contribution in [2.75, 3.05) is 39.6 Å². The number of carbonyl (C=O) groups excluding carboxylic acids is 1. The van der Waals surface area contributed by atoms with Gasteiger partial charge in [0.15, 0.2) is 0 Å². The van der Waals surface area contributed by atoms with Gasteiger partial charge >= 0.3 is 0 Å². The molecule has 1 aromatic rings. The van der Waals surface area contributed by atoms with Gasteiger partial charge in [-0.2, -0.15) is 0 Å². The van der Waals surface area contributed by atoms with Crippen molar-refractivity contribution in [3.8, 4) is 5.75 Å². The molecule has 1 aromatic carbocycles. The number of piperidine rings is 1. The summed E-state index contributed by atoms with van der Waals surface area (Å²) in [6.45, 7) is 4.20. The van der Waals surface area contributed by atoms with Crippen LogP contribution in [0, 0.1) is 5.41 Å². The van der Waals surface area contributed by atoms with Crippen LogP contribution in [0.5, 0.6) is 5.75 Å². The molecule has 0 aromatic heterocycles. The number of hydrogen-bond donors (Lipinski definition) is 0. The van der Waals surface area contributed by atoms with E-state index in [1.54, 1.807) is 0 Å². The molecule has 1 amide bonds. The third-order valence-electron chi connectivity index (χ3n) is 6.18. The lowest BCUT2D eigenvalue weighted by Gasteiger charge is -2.54. The van der Waals surface area contributed by atoms with E-state index in [2.05, 4.69) is 11.0 Å². The third kappa shape index (κ3) is 3.90. The van der Waals surface area contributed by atoms with E-state index >= 15 is 0 Å². The standard InChI is InChI=1S/C22H29NO4/c24-21(10-16-27-19-5-2-1-3-6-19)23-12-4-11-22(17-26-15-9-20(22)23)18-7-13-25-14-8-18/h1-3,5-7,20H,4,8-17H2/t20-,22-/m0/s1. The van der Waals surface area contributed by atoms with Gasteiger partial charge in [-0.05, 0) is 37.8 Å². The first-order chi connectivity index (χ1) is 13.3. The van der Waals surface area contributed by atoms with Crippen molar-refractivity contribution in [2.24, 2.45) is 5.41 Å². The molecule has 5 heteroatoms. The van der Waals surface area contributed by atoms with E-state index in [1.807, 2.05) is 30.3 Å². The molecule has 2 atom stereocenters. The van der Waals surface area contributed by atoms with Crippen LogP contribution in [0.3, 0.4) is 0 Å². The van der Waals surface area contributed by atoms with Crippen molar-refractivity contribution in [2.45, 2.75) is 38.1 Å². The molecule has 3 aliphatic rings. The zero-order valence-electron chi connectivity index (χ0n) is 15.9. The highest BCUT2D eigenvalue weighted by molar-refractivity contribution is 5.77. The van der Waals surface area contributed by atoms with Crippen LogP contribution in [0.4, 0.5) is 0 Å². The Morgan fingerprint density at radius 3 is 2.93 bits per heavy atom. The number of ether oxygens (including phenoxy) is 3. The van der Waals surface area contributed by atoms with Crippen molar-refractivity contribution in [3.05, 3.63) is 42.0 Å². The normalized spacial score (nSPS) is 28.2. The molecule has 5 nitrogen and oxygen atoms in total. The van der Waals surface area contributed by atoms with Crippen LogP contribution in [-0.2, 0) is 14.3 Å². The van der Waals surface area contributed by atoms with E-state index in [0.29, 0.717) is 19.6 Å². The molecular formula is C22H29NO4. The van der Waals surface area contributed by atoms with Gasteiger partial charge in [0, 0.05) is 24.6 Å². The molecule has 3 heterocycles. The first kappa shape index (κ1) is 18.5. The van der Waals surface area contributed by atoms with Crippen molar-refractivity contribution < 1.29 is 19.0 Å². The maximum Gasteiger partial charge on any atom is 0.226 e. The largest absolute Gasteiger partial charge is 0.493 e. The predicted octanol–water partition coefficient (Wildman–Crippen LogP) is 3.20. The first-order valence-electron chi connectivity index (χ1n) is 10.1. The summed E-state index contributed by atoms with van der Waals surface area (Å²) < 4.78 is 17.2. The molecule has 0 unspecified atom stereocenters. The number of benzene rings is 1. The number of nitrogens with zero attached hydrogens (tertiary/aromatic N) is 1. The minimum atomic E-state index is -0.0176. The fraction of sp³-hybridized carbons (Fsp3) is 0.591. The lowest BCUT2D eigenvalue weighted by atomic mass is 9.65. The van der Waals surface area contributed by atoms with Crippen LogP contribution in [0.15, 0.2) is 42.0 Å². The van der Waals surface area contributed by atoms with Gasteiger partial charge in [-0.25, -0.2) is 0 Å². The summed E-state index contributed by atoms with van der Waals surface area (Å²) in [4.78, 5) is 15.2. The fourth-order valence-electron chi connectivity index (χ4n) is 4.90. The monoisotopic (exact) mass is 371 g/mol. The maximum absolute atomic E-state index is 13.0. The number of rotatable bonds is 5. The van der Waals surface area contributed by atoms with E-state index in [4.69, 9.17) is 14.2 Å². The van der Waals surface area contributed by atoms with Gasteiger partial charge in [0.25, 0.3) is 0 Å². The Balaban J connectivity index is 1.44. The quantitative estimate of drug-likeness (QED) is 0.746. The zero-order chi connectivity index (χ0) is 18.5. The van der Waals surface area contributed by atoms with E-state index in [9.17, 15) is 4.79 Å². The van der Waals surface area contributed by atoms with Gasteiger partial charge in [-0.3, -0.25) is 4.79 Å². The van der Waals surface area contributed by atoms with E-state index in [1.165, 1.54) is 5.57 Å². The van der Waals surface area contributed by atoms with Crippen molar-refractivity contribution in [1.82, 2.24) is 4.90 Å². The van der Waals surface area contributed by atoms with Gasteiger partial charge in [0.1, 0.15) is 5.75 Å².